The van der Waals surface area contributed by atoms with Gasteiger partial charge in [-0.15, -0.1) is 0 Å². The molecule has 0 aromatic carbocycles. The number of carbonyl (C=O) groups is 1. The zero-order valence-electron chi connectivity index (χ0n) is 15.4. The first-order valence-corrected chi connectivity index (χ1v) is 8.94. The Hall–Kier alpha value is -3.68. The van der Waals surface area contributed by atoms with Crippen LogP contribution in [0.2, 0.25) is 0 Å². The molecule has 8 nitrogen and oxygen atoms in total. The molecule has 140 valence electrons. The van der Waals surface area contributed by atoms with Gasteiger partial charge < -0.3 is 9.88 Å². The smallest absolute Gasteiger partial charge is 0.253 e. The Kier molecular flexibility index (Phi) is 5.01. The molecule has 0 aliphatic heterocycles. The molecular weight excluding hydrogens is 354 g/mol. The highest BCUT2D eigenvalue weighted by atomic mass is 16.1. The number of nitrogens with zero attached hydrogens (tertiary/aromatic N) is 6. The van der Waals surface area contributed by atoms with E-state index in [0.29, 0.717) is 24.0 Å². The van der Waals surface area contributed by atoms with Crippen LogP contribution in [-0.2, 0) is 13.0 Å². The number of fused-ring (bicyclic) bond motifs is 1. The molecule has 0 aliphatic rings. The van der Waals surface area contributed by atoms with Gasteiger partial charge in [0.15, 0.2) is 5.65 Å². The maximum atomic E-state index is 12.6. The molecule has 28 heavy (non-hydrogen) atoms. The lowest BCUT2D eigenvalue weighted by atomic mass is 10.1. The minimum absolute atomic E-state index is 0.0805. The van der Waals surface area contributed by atoms with Crippen molar-refractivity contribution in [1.29, 1.82) is 0 Å². The molecule has 0 aliphatic carbocycles. The van der Waals surface area contributed by atoms with Gasteiger partial charge in [-0.05, 0) is 24.6 Å². The second-order valence-electron chi connectivity index (χ2n) is 6.58. The van der Waals surface area contributed by atoms with Gasteiger partial charge in [0, 0.05) is 49.6 Å². The number of hydrogen-bond donors (Lipinski definition) is 1. The van der Waals surface area contributed by atoms with E-state index in [1.54, 1.807) is 43.4 Å². The first-order valence-electron chi connectivity index (χ1n) is 8.94. The summed E-state index contributed by atoms with van der Waals surface area (Å²) in [4.78, 5) is 33.8. The number of amides is 1. The third kappa shape index (κ3) is 4.01. The van der Waals surface area contributed by atoms with Crippen molar-refractivity contribution in [3.05, 3.63) is 78.5 Å². The van der Waals surface area contributed by atoms with Crippen molar-refractivity contribution in [3.8, 4) is 0 Å². The van der Waals surface area contributed by atoms with Crippen LogP contribution in [0.5, 0.6) is 0 Å². The van der Waals surface area contributed by atoms with Gasteiger partial charge in [0.1, 0.15) is 5.52 Å². The number of carbonyl (C=O) groups excluding carboxylic acids is 1. The molecule has 8 heteroatoms. The van der Waals surface area contributed by atoms with Crippen LogP contribution in [0.3, 0.4) is 0 Å². The van der Waals surface area contributed by atoms with Gasteiger partial charge in [-0.1, -0.05) is 6.07 Å². The first kappa shape index (κ1) is 17.7. The summed E-state index contributed by atoms with van der Waals surface area (Å²) in [7, 11) is 0. The maximum absolute atomic E-state index is 12.6. The lowest BCUT2D eigenvalue weighted by molar-refractivity contribution is 0.0939. The van der Waals surface area contributed by atoms with Crippen molar-refractivity contribution < 1.29 is 4.79 Å². The number of imidazole rings is 1. The summed E-state index contributed by atoms with van der Waals surface area (Å²) < 4.78 is 1.94. The van der Waals surface area contributed by atoms with E-state index in [9.17, 15) is 4.79 Å². The van der Waals surface area contributed by atoms with E-state index in [-0.39, 0.29) is 11.9 Å². The van der Waals surface area contributed by atoms with Gasteiger partial charge in [0.2, 0.25) is 0 Å². The summed E-state index contributed by atoms with van der Waals surface area (Å²) in [6.45, 7) is 2.55. The van der Waals surface area contributed by atoms with Crippen molar-refractivity contribution in [3.63, 3.8) is 0 Å². The lowest BCUT2D eigenvalue weighted by Crippen LogP contribution is -2.34. The summed E-state index contributed by atoms with van der Waals surface area (Å²) in [5.41, 5.74) is 3.78. The highest BCUT2D eigenvalue weighted by molar-refractivity contribution is 5.96. The molecule has 0 bridgehead atoms. The summed E-state index contributed by atoms with van der Waals surface area (Å²) in [5, 5.41) is 2.97. The zero-order chi connectivity index (χ0) is 19.3. The zero-order valence-corrected chi connectivity index (χ0v) is 15.4. The second-order valence-corrected chi connectivity index (χ2v) is 6.58. The largest absolute Gasteiger partial charge is 0.349 e. The number of pyridine rings is 2. The van der Waals surface area contributed by atoms with E-state index in [0.717, 1.165) is 16.9 Å². The minimum Gasteiger partial charge on any atom is -0.349 e. The van der Waals surface area contributed by atoms with E-state index in [1.165, 1.54) is 0 Å². The van der Waals surface area contributed by atoms with Gasteiger partial charge in [-0.25, -0.2) is 9.97 Å². The fourth-order valence-corrected chi connectivity index (χ4v) is 2.98. The molecule has 0 spiro atoms. The normalized spacial score (nSPS) is 12.0. The highest BCUT2D eigenvalue weighted by Gasteiger charge is 2.14. The van der Waals surface area contributed by atoms with Crippen LogP contribution in [-0.4, -0.2) is 41.4 Å². The average Bonchev–Trinajstić information content (AvgIpc) is 3.11. The fourth-order valence-electron chi connectivity index (χ4n) is 2.98. The molecule has 1 N–H and O–H groups in total. The maximum Gasteiger partial charge on any atom is 0.253 e. The lowest BCUT2D eigenvalue weighted by Gasteiger charge is -2.13. The highest BCUT2D eigenvalue weighted by Crippen LogP contribution is 2.14. The number of aromatic nitrogens is 6. The molecule has 4 aromatic heterocycles. The van der Waals surface area contributed by atoms with Crippen LogP contribution < -0.4 is 5.32 Å². The third-order valence-corrected chi connectivity index (χ3v) is 4.30. The molecule has 4 rings (SSSR count). The third-order valence-electron chi connectivity index (χ3n) is 4.30. The average molecular weight is 373 g/mol. The molecule has 1 amide bonds. The van der Waals surface area contributed by atoms with Crippen molar-refractivity contribution in [2.45, 2.75) is 25.9 Å². The fraction of sp³-hybridized carbons (Fsp3) is 0.200. The summed E-state index contributed by atoms with van der Waals surface area (Å²) >= 11 is 0. The van der Waals surface area contributed by atoms with E-state index in [2.05, 4.69) is 30.2 Å². The van der Waals surface area contributed by atoms with Crippen LogP contribution in [0.1, 0.15) is 28.5 Å². The molecule has 0 saturated carbocycles. The van der Waals surface area contributed by atoms with Crippen LogP contribution in [0.15, 0.2) is 61.7 Å². The summed E-state index contributed by atoms with van der Waals surface area (Å²) in [6, 6.07) is 5.57. The van der Waals surface area contributed by atoms with Crippen molar-refractivity contribution in [2.24, 2.45) is 0 Å². The quantitative estimate of drug-likeness (QED) is 0.555. The van der Waals surface area contributed by atoms with Gasteiger partial charge in [-0.3, -0.25) is 19.7 Å². The Morgan fingerprint density at radius 3 is 2.79 bits per heavy atom. The summed E-state index contributed by atoms with van der Waals surface area (Å²) in [6.07, 6.45) is 12.4. The Labute approximate surface area is 161 Å². The molecule has 0 fully saturated rings. The predicted molar refractivity (Wildman–Crippen MR) is 104 cm³/mol. The van der Waals surface area contributed by atoms with Crippen LogP contribution in [0.25, 0.3) is 11.2 Å². The topological polar surface area (TPSA) is 98.5 Å². The first-order chi connectivity index (χ1) is 13.7. The molecule has 1 unspecified atom stereocenters. The Balaban J connectivity index is 1.46. The Bertz CT molecular complexity index is 1080. The minimum atomic E-state index is -0.187. The molecule has 4 heterocycles. The van der Waals surface area contributed by atoms with Gasteiger partial charge in [-0.2, -0.15) is 0 Å². The van der Waals surface area contributed by atoms with Crippen molar-refractivity contribution in [2.75, 3.05) is 0 Å². The molecule has 4 aromatic rings. The van der Waals surface area contributed by atoms with E-state index in [1.807, 2.05) is 29.8 Å². The van der Waals surface area contributed by atoms with Gasteiger partial charge >= 0.3 is 0 Å². The van der Waals surface area contributed by atoms with Crippen LogP contribution in [0.4, 0.5) is 0 Å². The molecule has 1 atom stereocenters. The Morgan fingerprint density at radius 1 is 1.11 bits per heavy atom. The Morgan fingerprint density at radius 2 is 2.00 bits per heavy atom. The van der Waals surface area contributed by atoms with E-state index < -0.39 is 0 Å². The standard InChI is InChI=1S/C20H19N7O/c1-14(7-17-11-22-5-6-23-17)26-20(28)16-8-18-19(24-10-16)27(13-25-18)12-15-3-2-4-21-9-15/h2-6,8-11,13-14H,7,12H2,1H3,(H,26,28). The monoisotopic (exact) mass is 373 g/mol. The second kappa shape index (κ2) is 7.91. The molecule has 0 saturated heterocycles. The summed E-state index contributed by atoms with van der Waals surface area (Å²) in [5.74, 6) is -0.187. The van der Waals surface area contributed by atoms with E-state index >= 15 is 0 Å². The SMILES string of the molecule is CC(Cc1cnccn1)NC(=O)c1cnc2c(c1)ncn2Cc1cccnc1. The predicted octanol–water partition coefficient (Wildman–Crippen LogP) is 2.03. The number of rotatable bonds is 6. The number of nitrogens with one attached hydrogen (secondary N) is 1. The van der Waals surface area contributed by atoms with Gasteiger partial charge in [0.25, 0.3) is 5.91 Å². The van der Waals surface area contributed by atoms with Crippen LogP contribution in [0, 0.1) is 0 Å². The molecular formula is C20H19N7O. The van der Waals surface area contributed by atoms with Crippen LogP contribution >= 0.6 is 0 Å². The van der Waals surface area contributed by atoms with Crippen molar-refractivity contribution >= 4 is 17.1 Å². The molecule has 0 radical (unpaired) electrons. The van der Waals surface area contributed by atoms with Gasteiger partial charge in [0.05, 0.1) is 24.1 Å². The number of hydrogen-bond acceptors (Lipinski definition) is 6. The van der Waals surface area contributed by atoms with E-state index in [4.69, 9.17) is 0 Å². The van der Waals surface area contributed by atoms with Crippen molar-refractivity contribution in [1.82, 2.24) is 34.8 Å².